The Hall–Kier alpha value is -2.32. The van der Waals surface area contributed by atoms with Crippen molar-refractivity contribution in [3.05, 3.63) is 39.5 Å². The summed E-state index contributed by atoms with van der Waals surface area (Å²) in [5, 5.41) is 10.2. The van der Waals surface area contributed by atoms with Gasteiger partial charge in [-0.15, -0.1) is 11.3 Å². The van der Waals surface area contributed by atoms with Crippen LogP contribution in [0.5, 0.6) is 5.75 Å². The van der Waals surface area contributed by atoms with E-state index in [1.54, 1.807) is 21.0 Å². The first kappa shape index (κ1) is 19.4. The van der Waals surface area contributed by atoms with Crippen LogP contribution in [0.25, 0.3) is 21.3 Å². The van der Waals surface area contributed by atoms with E-state index in [1.165, 1.54) is 11.3 Å². The fourth-order valence-electron chi connectivity index (χ4n) is 2.70. The summed E-state index contributed by atoms with van der Waals surface area (Å²) in [5.41, 5.74) is 1.49. The normalized spacial score (nSPS) is 11.7. The molecule has 3 aromatic rings. The van der Waals surface area contributed by atoms with E-state index in [1.807, 2.05) is 31.2 Å². The summed E-state index contributed by atoms with van der Waals surface area (Å²) in [4.78, 5) is 33.2. The minimum atomic E-state index is -1.09. The second-order valence-electron chi connectivity index (χ2n) is 6.45. The molecule has 2 N–H and O–H groups in total. The fourth-order valence-corrected chi connectivity index (χ4v) is 4.74. The van der Waals surface area contributed by atoms with E-state index in [9.17, 15) is 14.7 Å². The Bertz CT molecular complexity index is 1070. The minimum absolute atomic E-state index is 0.266. The molecule has 0 aliphatic carbocycles. The van der Waals surface area contributed by atoms with Gasteiger partial charge in [-0.05, 0) is 38.0 Å². The number of thiophene rings is 1. The van der Waals surface area contributed by atoms with Crippen molar-refractivity contribution in [2.75, 3.05) is 7.11 Å². The van der Waals surface area contributed by atoms with Crippen molar-refractivity contribution in [2.45, 2.75) is 37.1 Å². The van der Waals surface area contributed by atoms with Gasteiger partial charge in [0.2, 0.25) is 0 Å². The molecular formula is C19H20N2O4S2. The van der Waals surface area contributed by atoms with E-state index in [0.29, 0.717) is 21.1 Å². The van der Waals surface area contributed by atoms with Gasteiger partial charge < -0.3 is 14.8 Å². The number of H-pyrrole nitrogens is 1. The number of aryl methyl sites for hydroxylation is 1. The molecule has 27 heavy (non-hydrogen) atoms. The molecule has 1 aromatic carbocycles. The Morgan fingerprint density at radius 3 is 2.78 bits per heavy atom. The van der Waals surface area contributed by atoms with Crippen LogP contribution in [0, 0.1) is 0 Å². The highest BCUT2D eigenvalue weighted by Crippen LogP contribution is 2.39. The number of fused-ring (bicyclic) bond motifs is 1. The number of hydrogen-bond acceptors (Lipinski definition) is 6. The van der Waals surface area contributed by atoms with Gasteiger partial charge in [0.25, 0.3) is 5.56 Å². The number of benzene rings is 1. The summed E-state index contributed by atoms with van der Waals surface area (Å²) < 4.78 is 4.21. The summed E-state index contributed by atoms with van der Waals surface area (Å²) in [7, 11) is 1.60. The molecule has 0 aliphatic heterocycles. The SMILES string of the molecule is CCc1sc2nc(SC(C)(C)C(=O)O)[nH]c(=O)c2c1-c1cccc(OC)c1. The largest absolute Gasteiger partial charge is 0.497 e. The maximum Gasteiger partial charge on any atom is 0.319 e. The Balaban J connectivity index is 2.19. The number of aromatic amines is 1. The van der Waals surface area contributed by atoms with Crippen LogP contribution in [0.1, 0.15) is 25.6 Å². The van der Waals surface area contributed by atoms with Crippen LogP contribution in [0.3, 0.4) is 0 Å². The fraction of sp³-hybridized carbons (Fsp3) is 0.316. The number of thioether (sulfide) groups is 1. The van der Waals surface area contributed by atoms with Crippen molar-refractivity contribution in [1.82, 2.24) is 9.97 Å². The summed E-state index contributed by atoms with van der Waals surface area (Å²) in [6.07, 6.45) is 0.760. The summed E-state index contributed by atoms with van der Waals surface area (Å²) >= 11 is 2.49. The highest BCUT2D eigenvalue weighted by Gasteiger charge is 2.30. The van der Waals surface area contributed by atoms with Crippen molar-refractivity contribution in [3.63, 3.8) is 0 Å². The van der Waals surface area contributed by atoms with Gasteiger partial charge >= 0.3 is 5.97 Å². The third kappa shape index (κ3) is 3.72. The monoisotopic (exact) mass is 404 g/mol. The maximum absolute atomic E-state index is 12.9. The third-order valence-corrected chi connectivity index (χ3v) is 6.46. The number of nitrogens with one attached hydrogen (secondary N) is 1. The van der Waals surface area contributed by atoms with Gasteiger partial charge in [0.1, 0.15) is 15.3 Å². The first-order chi connectivity index (χ1) is 12.8. The van der Waals surface area contributed by atoms with Crippen LogP contribution in [0.2, 0.25) is 0 Å². The van der Waals surface area contributed by atoms with Crippen molar-refractivity contribution in [1.29, 1.82) is 0 Å². The Morgan fingerprint density at radius 2 is 2.15 bits per heavy atom. The lowest BCUT2D eigenvalue weighted by atomic mass is 10.0. The Morgan fingerprint density at radius 1 is 1.41 bits per heavy atom. The Labute approximate surface area is 164 Å². The number of rotatable bonds is 6. The Kier molecular flexibility index (Phi) is 5.30. The molecular weight excluding hydrogens is 384 g/mol. The van der Waals surface area contributed by atoms with Gasteiger partial charge in [-0.2, -0.15) is 0 Å². The first-order valence-corrected chi connectivity index (χ1v) is 10.0. The van der Waals surface area contributed by atoms with E-state index >= 15 is 0 Å². The lowest BCUT2D eigenvalue weighted by Gasteiger charge is -2.16. The zero-order valence-corrected chi connectivity index (χ0v) is 17.1. The molecule has 0 saturated carbocycles. The number of nitrogens with zero attached hydrogens (tertiary/aromatic N) is 1. The molecule has 142 valence electrons. The maximum atomic E-state index is 12.9. The van der Waals surface area contributed by atoms with Crippen LogP contribution in [-0.4, -0.2) is 32.9 Å². The molecule has 0 radical (unpaired) electrons. The highest BCUT2D eigenvalue weighted by molar-refractivity contribution is 8.01. The van der Waals surface area contributed by atoms with Crippen molar-refractivity contribution in [3.8, 4) is 16.9 Å². The zero-order chi connectivity index (χ0) is 19.8. The van der Waals surface area contributed by atoms with Crippen LogP contribution in [-0.2, 0) is 11.2 Å². The molecule has 0 saturated heterocycles. The predicted octanol–water partition coefficient (Wildman–Crippen LogP) is 4.18. The molecule has 3 rings (SSSR count). The van der Waals surface area contributed by atoms with Gasteiger partial charge in [0.05, 0.1) is 12.5 Å². The molecule has 0 unspecified atom stereocenters. The average Bonchev–Trinajstić information content (AvgIpc) is 3.00. The van der Waals surface area contributed by atoms with Crippen molar-refractivity contribution in [2.24, 2.45) is 0 Å². The molecule has 2 heterocycles. The third-order valence-electron chi connectivity index (χ3n) is 4.16. The summed E-state index contributed by atoms with van der Waals surface area (Å²) in [5.74, 6) is -0.249. The van der Waals surface area contributed by atoms with Crippen LogP contribution >= 0.6 is 23.1 Å². The predicted molar refractivity (Wildman–Crippen MR) is 109 cm³/mol. The number of hydrogen-bond donors (Lipinski definition) is 2. The van der Waals surface area contributed by atoms with Gasteiger partial charge in [0, 0.05) is 10.4 Å². The van der Waals surface area contributed by atoms with Crippen LogP contribution in [0.4, 0.5) is 0 Å². The van der Waals surface area contributed by atoms with Crippen LogP contribution in [0.15, 0.2) is 34.2 Å². The number of methoxy groups -OCH3 is 1. The average molecular weight is 405 g/mol. The number of aliphatic carboxylic acids is 1. The number of carboxylic acids is 1. The molecule has 0 aliphatic rings. The van der Waals surface area contributed by atoms with Gasteiger partial charge in [-0.3, -0.25) is 9.59 Å². The number of carboxylic acid groups (broad SMARTS) is 1. The van der Waals surface area contributed by atoms with E-state index in [2.05, 4.69) is 9.97 Å². The van der Waals surface area contributed by atoms with Crippen LogP contribution < -0.4 is 10.3 Å². The zero-order valence-electron chi connectivity index (χ0n) is 15.5. The van der Waals surface area contributed by atoms with Gasteiger partial charge in [-0.25, -0.2) is 4.98 Å². The van der Waals surface area contributed by atoms with E-state index in [4.69, 9.17) is 4.74 Å². The van der Waals surface area contributed by atoms with Crippen molar-refractivity contribution < 1.29 is 14.6 Å². The minimum Gasteiger partial charge on any atom is -0.497 e. The molecule has 6 nitrogen and oxygen atoms in total. The van der Waals surface area contributed by atoms with E-state index in [0.717, 1.165) is 34.2 Å². The lowest BCUT2D eigenvalue weighted by molar-refractivity contribution is -0.138. The molecule has 0 spiro atoms. The highest BCUT2D eigenvalue weighted by atomic mass is 32.2. The lowest BCUT2D eigenvalue weighted by Crippen LogP contribution is -2.27. The smallest absolute Gasteiger partial charge is 0.319 e. The van der Waals surface area contributed by atoms with E-state index in [-0.39, 0.29) is 5.56 Å². The second kappa shape index (κ2) is 7.36. The number of carbonyl (C=O) groups is 1. The summed E-state index contributed by atoms with van der Waals surface area (Å²) in [6.45, 7) is 5.20. The standard InChI is InChI=1S/C19H20N2O4S2/c1-5-12-13(10-7-6-8-11(9-10)25-4)14-15(22)20-18(21-16(14)26-12)27-19(2,3)17(23)24/h6-9H,5H2,1-4H3,(H,23,24)(H,20,21,22). The first-order valence-electron chi connectivity index (χ1n) is 8.39. The quantitative estimate of drug-likeness (QED) is 0.473. The summed E-state index contributed by atoms with van der Waals surface area (Å²) in [6, 6.07) is 7.59. The molecule has 8 heteroatoms. The van der Waals surface area contributed by atoms with E-state index < -0.39 is 10.7 Å². The molecule has 0 fully saturated rings. The number of ether oxygens (including phenoxy) is 1. The van der Waals surface area contributed by atoms with Gasteiger partial charge in [-0.1, -0.05) is 30.8 Å². The molecule has 0 atom stereocenters. The van der Waals surface area contributed by atoms with Crippen molar-refractivity contribution >= 4 is 39.3 Å². The molecule has 2 aromatic heterocycles. The topological polar surface area (TPSA) is 92.3 Å². The molecule has 0 amide bonds. The molecule has 0 bridgehead atoms. The van der Waals surface area contributed by atoms with Gasteiger partial charge in [0.15, 0.2) is 5.16 Å². The second-order valence-corrected chi connectivity index (χ2v) is 9.15. The number of aromatic nitrogens is 2.